The highest BCUT2D eigenvalue weighted by atomic mass is 16.3. The van der Waals surface area contributed by atoms with Crippen LogP contribution < -0.4 is 0 Å². The van der Waals surface area contributed by atoms with Crippen molar-refractivity contribution in [3.8, 4) is 0 Å². The minimum absolute atomic E-state index is 0.0244. The molecule has 0 bridgehead atoms. The molecule has 5 aliphatic rings. The van der Waals surface area contributed by atoms with Gasteiger partial charge in [-0.2, -0.15) is 0 Å². The molecule has 33 heavy (non-hydrogen) atoms. The zero-order chi connectivity index (χ0) is 24.2. The summed E-state index contributed by atoms with van der Waals surface area (Å²) >= 11 is 0. The van der Waals surface area contributed by atoms with Gasteiger partial charge in [0.25, 0.3) is 0 Å². The summed E-state index contributed by atoms with van der Waals surface area (Å²) in [5, 5.41) is 32.7. The van der Waals surface area contributed by atoms with Crippen LogP contribution in [0.4, 0.5) is 0 Å². The Morgan fingerprint density at radius 2 is 1.61 bits per heavy atom. The lowest BCUT2D eigenvalue weighted by molar-refractivity contribution is -0.196. The average molecular weight is 459 g/mol. The van der Waals surface area contributed by atoms with Gasteiger partial charge in [-0.25, -0.2) is 0 Å². The van der Waals surface area contributed by atoms with Crippen LogP contribution in [0.2, 0.25) is 0 Å². The Balaban J connectivity index is 1.62. The van der Waals surface area contributed by atoms with Gasteiger partial charge in [0.1, 0.15) is 0 Å². The normalized spacial score (nSPS) is 57.8. The van der Waals surface area contributed by atoms with Crippen LogP contribution in [0.5, 0.6) is 0 Å². The largest absolute Gasteiger partial charge is 0.396 e. The van der Waals surface area contributed by atoms with Crippen molar-refractivity contribution in [2.45, 2.75) is 112 Å². The molecule has 4 saturated carbocycles. The van der Waals surface area contributed by atoms with Gasteiger partial charge in [-0.3, -0.25) is 0 Å². The molecule has 0 radical (unpaired) electrons. The van der Waals surface area contributed by atoms with Gasteiger partial charge < -0.3 is 15.3 Å². The van der Waals surface area contributed by atoms with Crippen LogP contribution in [0.25, 0.3) is 0 Å². The van der Waals surface area contributed by atoms with Gasteiger partial charge in [0.15, 0.2) is 0 Å². The minimum Gasteiger partial charge on any atom is -0.396 e. The van der Waals surface area contributed by atoms with Crippen molar-refractivity contribution in [2.24, 2.45) is 56.7 Å². The molecule has 11 atom stereocenters. The first kappa shape index (κ1) is 24.3. The molecule has 0 saturated heterocycles. The first-order valence-corrected chi connectivity index (χ1v) is 13.9. The van der Waals surface area contributed by atoms with E-state index in [-0.39, 0.29) is 45.9 Å². The fourth-order valence-corrected chi connectivity index (χ4v) is 10.6. The third-order valence-electron chi connectivity index (χ3n) is 12.7. The lowest BCUT2D eigenvalue weighted by atomic mass is 9.35. The van der Waals surface area contributed by atoms with Crippen molar-refractivity contribution in [1.82, 2.24) is 0 Å². The second-order valence-corrected chi connectivity index (χ2v) is 15.1. The lowest BCUT2D eigenvalue weighted by Crippen LogP contribution is -2.64. The Kier molecular flexibility index (Phi) is 5.40. The standard InChI is InChI=1S/C30H50O3/c1-18-13-29(6)22(14-26(2,3)16-25(29)33)21-9-8-20-23(30(18,21)7)15-27(4,17-31)24-12-19(32)10-11-28(20,24)5/h9,18-20,22-25,31-33H,8,10-17H2,1-7H3. The summed E-state index contributed by atoms with van der Waals surface area (Å²) in [4.78, 5) is 0. The molecule has 4 fully saturated rings. The van der Waals surface area contributed by atoms with Gasteiger partial charge in [-0.1, -0.05) is 60.1 Å². The van der Waals surface area contributed by atoms with E-state index in [1.807, 2.05) is 0 Å². The third kappa shape index (κ3) is 3.17. The predicted octanol–water partition coefficient (Wildman–Crippen LogP) is 5.97. The molecule has 0 heterocycles. The summed E-state index contributed by atoms with van der Waals surface area (Å²) in [6, 6.07) is 0. The van der Waals surface area contributed by atoms with E-state index in [0.717, 1.165) is 44.9 Å². The Morgan fingerprint density at radius 1 is 0.909 bits per heavy atom. The average Bonchev–Trinajstić information content (AvgIpc) is 2.72. The Morgan fingerprint density at radius 3 is 2.27 bits per heavy atom. The number of aliphatic hydroxyl groups is 3. The molecular weight excluding hydrogens is 408 g/mol. The molecule has 11 unspecified atom stereocenters. The van der Waals surface area contributed by atoms with E-state index in [2.05, 4.69) is 54.5 Å². The summed E-state index contributed by atoms with van der Waals surface area (Å²) in [5.74, 6) is 2.55. The SMILES string of the molecule is CC1CC2(C)C(O)CC(C)(C)CC2C2=CCC3C(CC(C)(CO)C4CC(O)CCC34C)C21C. The van der Waals surface area contributed by atoms with Crippen molar-refractivity contribution >= 4 is 0 Å². The van der Waals surface area contributed by atoms with Crippen molar-refractivity contribution in [3.63, 3.8) is 0 Å². The fourth-order valence-electron chi connectivity index (χ4n) is 10.6. The van der Waals surface area contributed by atoms with E-state index in [1.165, 1.54) is 6.42 Å². The number of allylic oxidation sites excluding steroid dienone is 2. The Labute approximate surface area is 202 Å². The predicted molar refractivity (Wildman–Crippen MR) is 133 cm³/mol. The number of hydrogen-bond donors (Lipinski definition) is 3. The van der Waals surface area contributed by atoms with Crippen molar-refractivity contribution in [1.29, 1.82) is 0 Å². The molecule has 3 heteroatoms. The summed E-state index contributed by atoms with van der Waals surface area (Å²) < 4.78 is 0. The van der Waals surface area contributed by atoms with Gasteiger partial charge in [-0.05, 0) is 103 Å². The highest BCUT2D eigenvalue weighted by Gasteiger charge is 2.67. The number of hydrogen-bond acceptors (Lipinski definition) is 3. The number of fused-ring (bicyclic) bond motifs is 7. The van der Waals surface area contributed by atoms with E-state index < -0.39 is 0 Å². The zero-order valence-corrected chi connectivity index (χ0v) is 22.3. The van der Waals surface area contributed by atoms with Gasteiger partial charge in [-0.15, -0.1) is 0 Å². The quantitative estimate of drug-likeness (QED) is 0.424. The van der Waals surface area contributed by atoms with Gasteiger partial charge in [0, 0.05) is 12.0 Å². The van der Waals surface area contributed by atoms with Crippen LogP contribution in [-0.4, -0.2) is 34.1 Å². The summed E-state index contributed by atoms with van der Waals surface area (Å²) in [7, 11) is 0. The van der Waals surface area contributed by atoms with Crippen molar-refractivity contribution < 1.29 is 15.3 Å². The van der Waals surface area contributed by atoms with Crippen LogP contribution in [-0.2, 0) is 0 Å². The van der Waals surface area contributed by atoms with Crippen LogP contribution in [0.1, 0.15) is 99.8 Å². The maximum Gasteiger partial charge on any atom is 0.0604 e. The first-order valence-electron chi connectivity index (χ1n) is 13.9. The molecule has 0 amide bonds. The maximum absolute atomic E-state index is 11.4. The molecule has 3 N–H and O–H groups in total. The summed E-state index contributed by atoms with van der Waals surface area (Å²) in [6.07, 6.45) is 10.4. The second-order valence-electron chi connectivity index (χ2n) is 15.1. The van der Waals surface area contributed by atoms with E-state index in [4.69, 9.17) is 0 Å². The van der Waals surface area contributed by atoms with Gasteiger partial charge >= 0.3 is 0 Å². The van der Waals surface area contributed by atoms with E-state index >= 15 is 0 Å². The third-order valence-corrected chi connectivity index (χ3v) is 12.7. The fraction of sp³-hybridized carbons (Fsp3) is 0.933. The van der Waals surface area contributed by atoms with Crippen molar-refractivity contribution in [2.75, 3.05) is 6.61 Å². The highest BCUT2D eigenvalue weighted by Crippen LogP contribution is 2.73. The molecule has 0 aromatic rings. The van der Waals surface area contributed by atoms with Crippen molar-refractivity contribution in [3.05, 3.63) is 11.6 Å². The molecule has 0 aromatic heterocycles. The summed E-state index contributed by atoms with van der Waals surface area (Å²) in [5.41, 5.74) is 1.97. The highest BCUT2D eigenvalue weighted by molar-refractivity contribution is 5.33. The van der Waals surface area contributed by atoms with Crippen LogP contribution >= 0.6 is 0 Å². The number of rotatable bonds is 1. The van der Waals surface area contributed by atoms with Gasteiger partial charge in [0.05, 0.1) is 12.2 Å². The van der Waals surface area contributed by atoms with E-state index in [0.29, 0.717) is 29.6 Å². The number of aliphatic hydroxyl groups excluding tert-OH is 3. The summed E-state index contributed by atoms with van der Waals surface area (Å²) in [6.45, 7) is 17.1. The monoisotopic (exact) mass is 458 g/mol. The smallest absolute Gasteiger partial charge is 0.0604 e. The zero-order valence-electron chi connectivity index (χ0n) is 22.3. The molecule has 188 valence electrons. The van der Waals surface area contributed by atoms with E-state index in [9.17, 15) is 15.3 Å². The molecule has 3 nitrogen and oxygen atoms in total. The van der Waals surface area contributed by atoms with E-state index in [1.54, 1.807) is 5.57 Å². The van der Waals surface area contributed by atoms with Gasteiger partial charge in [0.2, 0.25) is 0 Å². The van der Waals surface area contributed by atoms with Crippen LogP contribution in [0.3, 0.4) is 0 Å². The Hall–Kier alpha value is -0.380. The Bertz CT molecular complexity index is 832. The molecule has 5 aliphatic carbocycles. The first-order chi connectivity index (χ1) is 15.2. The minimum atomic E-state index is -0.229. The molecule has 0 spiro atoms. The lowest BCUT2D eigenvalue weighted by Gasteiger charge is -2.70. The van der Waals surface area contributed by atoms with Crippen LogP contribution in [0, 0.1) is 56.7 Å². The molecular formula is C30H50O3. The second kappa shape index (κ2) is 7.32. The maximum atomic E-state index is 11.4. The molecule has 0 aliphatic heterocycles. The van der Waals surface area contributed by atoms with Crippen LogP contribution in [0.15, 0.2) is 11.6 Å². The molecule has 5 rings (SSSR count). The topological polar surface area (TPSA) is 60.7 Å². The molecule has 0 aromatic carbocycles.